The van der Waals surface area contributed by atoms with Crippen molar-refractivity contribution in [2.75, 3.05) is 34.4 Å². The van der Waals surface area contributed by atoms with E-state index in [4.69, 9.17) is 18.9 Å². The molecule has 1 saturated heterocycles. The molecule has 11 heteroatoms. The predicted molar refractivity (Wildman–Crippen MR) is 144 cm³/mol. The Morgan fingerprint density at radius 1 is 1.05 bits per heavy atom. The maximum Gasteiger partial charge on any atom is 0.308 e. The van der Waals surface area contributed by atoms with Gasteiger partial charge < -0.3 is 33.7 Å². The first-order valence-corrected chi connectivity index (χ1v) is 13.0. The first kappa shape index (κ1) is 29.8. The molecule has 1 aliphatic rings. The lowest BCUT2D eigenvalue weighted by Crippen LogP contribution is -2.51. The molecule has 1 aromatic heterocycles. The van der Waals surface area contributed by atoms with Crippen LogP contribution in [0, 0.1) is 0 Å². The molecule has 11 nitrogen and oxygen atoms in total. The molecule has 0 aliphatic carbocycles. The van der Waals surface area contributed by atoms with Gasteiger partial charge in [-0.1, -0.05) is 0 Å². The summed E-state index contributed by atoms with van der Waals surface area (Å²) in [6.45, 7) is 8.15. The topological polar surface area (TPSA) is 121 Å². The number of piperidine rings is 1. The summed E-state index contributed by atoms with van der Waals surface area (Å²) in [4.78, 5) is 43.7. The van der Waals surface area contributed by atoms with Crippen molar-refractivity contribution in [2.24, 2.45) is 0 Å². The van der Waals surface area contributed by atoms with Gasteiger partial charge in [0.15, 0.2) is 11.5 Å². The van der Waals surface area contributed by atoms with Crippen LogP contribution in [0.15, 0.2) is 24.5 Å². The molecule has 39 heavy (non-hydrogen) atoms. The van der Waals surface area contributed by atoms with Crippen LogP contribution in [-0.4, -0.2) is 78.3 Å². The predicted octanol–water partition coefficient (Wildman–Crippen LogP) is 2.90. The summed E-state index contributed by atoms with van der Waals surface area (Å²) >= 11 is 0. The highest BCUT2D eigenvalue weighted by molar-refractivity contribution is 5.90. The summed E-state index contributed by atoms with van der Waals surface area (Å²) in [6, 6.07) is 2.87. The van der Waals surface area contributed by atoms with Crippen molar-refractivity contribution in [3.8, 4) is 17.2 Å². The van der Waals surface area contributed by atoms with Gasteiger partial charge in [-0.05, 0) is 51.3 Å². The van der Waals surface area contributed by atoms with Gasteiger partial charge in [0.05, 0.1) is 27.8 Å². The number of carbonyl (C=O) groups excluding carboxylic acids is 3. The van der Waals surface area contributed by atoms with Gasteiger partial charge in [0.25, 0.3) is 0 Å². The lowest BCUT2D eigenvalue weighted by atomic mass is 9.95. The van der Waals surface area contributed by atoms with Crippen molar-refractivity contribution in [1.29, 1.82) is 0 Å². The standard InChI is InChI=1S/C28H40N4O7/c1-18(33)30-21(16-24(34)39-28(2,3)4)27(35)31-11-8-20(9-12-31)26-29-10-13-32(26)17-19-14-22(36-5)25(38-7)23(15-19)37-6/h10,13-15,20-21H,8-9,11-12,16-17H2,1-7H3,(H,30,33). The van der Waals surface area contributed by atoms with Crippen LogP contribution < -0.4 is 19.5 Å². The number of nitrogens with one attached hydrogen (secondary N) is 1. The summed E-state index contributed by atoms with van der Waals surface area (Å²) < 4.78 is 23.9. The summed E-state index contributed by atoms with van der Waals surface area (Å²) in [6.07, 6.45) is 4.91. The molecule has 1 aliphatic heterocycles. The Labute approximate surface area is 229 Å². The second-order valence-corrected chi connectivity index (χ2v) is 10.6. The lowest BCUT2D eigenvalue weighted by molar-refractivity contribution is -0.157. The monoisotopic (exact) mass is 544 g/mol. The number of imidazole rings is 1. The van der Waals surface area contributed by atoms with Crippen molar-refractivity contribution < 1.29 is 33.3 Å². The molecule has 1 N–H and O–H groups in total. The molecule has 1 unspecified atom stereocenters. The number of amides is 2. The van der Waals surface area contributed by atoms with Gasteiger partial charge in [0.1, 0.15) is 17.5 Å². The third-order valence-electron chi connectivity index (χ3n) is 6.46. The van der Waals surface area contributed by atoms with E-state index in [1.54, 1.807) is 53.2 Å². The molecule has 1 fully saturated rings. The molecule has 3 rings (SSSR count). The Kier molecular flexibility index (Phi) is 9.82. The number of carbonyl (C=O) groups is 3. The zero-order valence-corrected chi connectivity index (χ0v) is 23.9. The van der Waals surface area contributed by atoms with E-state index in [1.165, 1.54) is 6.92 Å². The molecule has 214 valence electrons. The number of rotatable bonds is 10. The van der Waals surface area contributed by atoms with E-state index >= 15 is 0 Å². The minimum absolute atomic E-state index is 0.149. The smallest absolute Gasteiger partial charge is 0.308 e. The number of hydrogen-bond donors (Lipinski definition) is 1. The summed E-state index contributed by atoms with van der Waals surface area (Å²) in [5, 5.41) is 2.62. The lowest BCUT2D eigenvalue weighted by Gasteiger charge is -2.34. The maximum absolute atomic E-state index is 13.3. The van der Waals surface area contributed by atoms with Crippen LogP contribution in [0.2, 0.25) is 0 Å². The molecule has 0 bridgehead atoms. The number of benzene rings is 1. The van der Waals surface area contributed by atoms with E-state index in [9.17, 15) is 14.4 Å². The number of likely N-dealkylation sites (tertiary alicyclic amines) is 1. The molecular formula is C28H40N4O7. The van der Waals surface area contributed by atoms with Gasteiger partial charge in [-0.15, -0.1) is 0 Å². The normalized spacial score (nSPS) is 14.9. The fourth-order valence-electron chi connectivity index (χ4n) is 4.81. The first-order valence-electron chi connectivity index (χ1n) is 13.0. The number of aromatic nitrogens is 2. The zero-order valence-electron chi connectivity index (χ0n) is 23.9. The van der Waals surface area contributed by atoms with Crippen LogP contribution >= 0.6 is 0 Å². The summed E-state index contributed by atoms with van der Waals surface area (Å²) in [5.41, 5.74) is 0.292. The van der Waals surface area contributed by atoms with Crippen molar-refractivity contribution in [3.05, 3.63) is 35.9 Å². The Hall–Kier alpha value is -3.76. The molecule has 0 radical (unpaired) electrons. The molecule has 0 spiro atoms. The second-order valence-electron chi connectivity index (χ2n) is 10.6. The van der Waals surface area contributed by atoms with Crippen LogP contribution in [0.5, 0.6) is 17.2 Å². The Bertz CT molecular complexity index is 1140. The quantitative estimate of drug-likeness (QED) is 0.453. The molecule has 2 aromatic rings. The van der Waals surface area contributed by atoms with Gasteiger partial charge in [-0.25, -0.2) is 4.98 Å². The molecule has 2 heterocycles. The van der Waals surface area contributed by atoms with Crippen molar-refractivity contribution >= 4 is 17.8 Å². The molecular weight excluding hydrogens is 504 g/mol. The average Bonchev–Trinajstić information content (AvgIpc) is 3.33. The molecule has 1 aromatic carbocycles. The van der Waals surface area contributed by atoms with Gasteiger partial charge >= 0.3 is 5.97 Å². The fourth-order valence-corrected chi connectivity index (χ4v) is 4.81. The van der Waals surface area contributed by atoms with Gasteiger partial charge in [-0.2, -0.15) is 0 Å². The van der Waals surface area contributed by atoms with E-state index < -0.39 is 17.6 Å². The molecule has 0 saturated carbocycles. The Morgan fingerprint density at radius 3 is 2.18 bits per heavy atom. The average molecular weight is 545 g/mol. The third-order valence-corrected chi connectivity index (χ3v) is 6.46. The Morgan fingerprint density at radius 2 is 1.67 bits per heavy atom. The minimum Gasteiger partial charge on any atom is -0.493 e. The van der Waals surface area contributed by atoms with Crippen LogP contribution in [0.25, 0.3) is 0 Å². The van der Waals surface area contributed by atoms with Gasteiger partial charge in [0.2, 0.25) is 17.6 Å². The highest BCUT2D eigenvalue weighted by Gasteiger charge is 2.33. The maximum atomic E-state index is 13.3. The highest BCUT2D eigenvalue weighted by Crippen LogP contribution is 2.38. The van der Waals surface area contributed by atoms with E-state index in [1.807, 2.05) is 18.3 Å². The van der Waals surface area contributed by atoms with E-state index in [2.05, 4.69) is 14.9 Å². The second kappa shape index (κ2) is 12.9. The third kappa shape index (κ3) is 7.87. The number of esters is 1. The van der Waals surface area contributed by atoms with Crippen LogP contribution in [0.3, 0.4) is 0 Å². The zero-order chi connectivity index (χ0) is 28.7. The number of ether oxygens (including phenoxy) is 4. The fraction of sp³-hybridized carbons (Fsp3) is 0.571. The molecule has 1 atom stereocenters. The van der Waals surface area contributed by atoms with Gasteiger partial charge in [-0.3, -0.25) is 14.4 Å². The van der Waals surface area contributed by atoms with E-state index in [0.717, 1.165) is 11.4 Å². The van der Waals surface area contributed by atoms with Crippen molar-refractivity contribution in [1.82, 2.24) is 19.8 Å². The summed E-state index contributed by atoms with van der Waals surface area (Å²) in [5.74, 6) is 1.60. The van der Waals surface area contributed by atoms with Crippen molar-refractivity contribution in [2.45, 2.75) is 71.1 Å². The first-order chi connectivity index (χ1) is 18.4. The highest BCUT2D eigenvalue weighted by atomic mass is 16.6. The SMILES string of the molecule is COc1cc(Cn2ccnc2C2CCN(C(=O)C(CC(=O)OC(C)(C)C)NC(C)=O)CC2)cc(OC)c1OC. The van der Waals surface area contributed by atoms with Crippen LogP contribution in [-0.2, 0) is 25.7 Å². The number of nitrogens with zero attached hydrogens (tertiary/aromatic N) is 3. The molecule has 2 amide bonds. The van der Waals surface area contributed by atoms with E-state index in [-0.39, 0.29) is 24.2 Å². The number of methoxy groups -OCH3 is 3. The summed E-state index contributed by atoms with van der Waals surface area (Å²) in [7, 11) is 4.74. The number of hydrogen-bond acceptors (Lipinski definition) is 8. The largest absolute Gasteiger partial charge is 0.493 e. The van der Waals surface area contributed by atoms with Crippen LogP contribution in [0.1, 0.15) is 64.3 Å². The Balaban J connectivity index is 1.68. The van der Waals surface area contributed by atoms with Crippen molar-refractivity contribution in [3.63, 3.8) is 0 Å². The van der Waals surface area contributed by atoms with E-state index in [0.29, 0.717) is 49.7 Å². The minimum atomic E-state index is -0.962. The van der Waals surface area contributed by atoms with Gasteiger partial charge in [0, 0.05) is 44.9 Å². The van der Waals surface area contributed by atoms with Crippen LogP contribution in [0.4, 0.5) is 0 Å².